The third-order valence-electron chi connectivity index (χ3n) is 5.68. The maximum absolute atomic E-state index is 14.3. The highest BCUT2D eigenvalue weighted by molar-refractivity contribution is 5.95. The third-order valence-corrected chi connectivity index (χ3v) is 5.68. The zero-order valence-electron chi connectivity index (χ0n) is 20.4. The molecule has 0 bridgehead atoms. The number of nitrogens with zero attached hydrogens (tertiary/aromatic N) is 2. The molecule has 0 atom stereocenters. The maximum atomic E-state index is 14.3. The molecule has 190 valence electrons. The highest BCUT2D eigenvalue weighted by Crippen LogP contribution is 2.30. The lowest BCUT2D eigenvalue weighted by Gasteiger charge is -2.15. The van der Waals surface area contributed by atoms with Crippen LogP contribution >= 0.6 is 0 Å². The molecule has 0 fully saturated rings. The van der Waals surface area contributed by atoms with E-state index in [9.17, 15) is 14.0 Å². The lowest BCUT2D eigenvalue weighted by molar-refractivity contribution is 0.0948. The molecule has 0 unspecified atom stereocenters. The van der Waals surface area contributed by atoms with E-state index in [1.165, 1.54) is 35.3 Å². The van der Waals surface area contributed by atoms with E-state index in [0.717, 1.165) is 5.56 Å². The summed E-state index contributed by atoms with van der Waals surface area (Å²) >= 11 is 0. The van der Waals surface area contributed by atoms with Gasteiger partial charge in [-0.25, -0.2) is 4.39 Å². The number of anilines is 2. The number of furan rings is 1. The van der Waals surface area contributed by atoms with Gasteiger partial charge in [0.05, 0.1) is 24.7 Å². The van der Waals surface area contributed by atoms with Crippen LogP contribution in [-0.4, -0.2) is 15.7 Å². The molecule has 2 aromatic heterocycles. The fourth-order valence-corrected chi connectivity index (χ4v) is 3.71. The van der Waals surface area contributed by atoms with Crippen LogP contribution in [0.5, 0.6) is 11.5 Å². The van der Waals surface area contributed by atoms with Gasteiger partial charge in [0.25, 0.3) is 11.5 Å². The second-order valence-corrected chi connectivity index (χ2v) is 8.44. The van der Waals surface area contributed by atoms with Crippen LogP contribution in [0.2, 0.25) is 0 Å². The summed E-state index contributed by atoms with van der Waals surface area (Å²) in [5.41, 5.74) is 1.90. The Kier molecular flexibility index (Phi) is 6.99. The second kappa shape index (κ2) is 10.8. The zero-order valence-corrected chi connectivity index (χ0v) is 20.4. The summed E-state index contributed by atoms with van der Waals surface area (Å²) in [5, 5.41) is 10.1. The van der Waals surface area contributed by atoms with Crippen LogP contribution in [-0.2, 0) is 6.54 Å². The van der Waals surface area contributed by atoms with Crippen molar-refractivity contribution >= 4 is 17.3 Å². The standard InChI is InChI=1S/C29H23FN4O4/c1-19-11-13-22(14-12-19)34-29(36)27(26(18-32-34)38-25-10-3-2-9-24(25)30)33-21-7-4-6-20(16-21)28(35)31-17-23-8-5-15-37-23/h2-16,18,33H,17H2,1H3,(H,31,35). The second-order valence-electron chi connectivity index (χ2n) is 8.44. The van der Waals surface area contributed by atoms with Crippen LogP contribution in [0.15, 0.2) is 107 Å². The maximum Gasteiger partial charge on any atom is 0.299 e. The van der Waals surface area contributed by atoms with Gasteiger partial charge in [-0.05, 0) is 61.5 Å². The van der Waals surface area contributed by atoms with Crippen LogP contribution in [0.25, 0.3) is 5.69 Å². The number of para-hydroxylation sites is 1. The summed E-state index contributed by atoms with van der Waals surface area (Å²) in [6.45, 7) is 2.17. The summed E-state index contributed by atoms with van der Waals surface area (Å²) < 4.78 is 26.6. The first-order valence-corrected chi connectivity index (χ1v) is 11.8. The van der Waals surface area contributed by atoms with E-state index >= 15 is 0 Å². The van der Waals surface area contributed by atoms with Gasteiger partial charge in [0.1, 0.15) is 5.76 Å². The highest BCUT2D eigenvalue weighted by Gasteiger charge is 2.17. The molecule has 0 radical (unpaired) electrons. The Labute approximate surface area is 217 Å². The van der Waals surface area contributed by atoms with Crippen molar-refractivity contribution in [1.82, 2.24) is 15.1 Å². The Morgan fingerprint density at radius 2 is 1.82 bits per heavy atom. The average Bonchev–Trinajstić information content (AvgIpc) is 3.45. The smallest absolute Gasteiger partial charge is 0.299 e. The predicted octanol–water partition coefficient (Wildman–Crippen LogP) is 5.74. The molecule has 2 heterocycles. The number of amides is 1. The summed E-state index contributed by atoms with van der Waals surface area (Å²) in [6.07, 6.45) is 2.88. The molecule has 0 saturated heterocycles. The van der Waals surface area contributed by atoms with E-state index in [-0.39, 0.29) is 29.6 Å². The minimum Gasteiger partial charge on any atom is -0.467 e. The molecule has 0 saturated carbocycles. The molecule has 0 aliphatic rings. The van der Waals surface area contributed by atoms with Gasteiger partial charge in [0.15, 0.2) is 23.0 Å². The van der Waals surface area contributed by atoms with Crippen molar-refractivity contribution in [3.63, 3.8) is 0 Å². The fourth-order valence-electron chi connectivity index (χ4n) is 3.71. The van der Waals surface area contributed by atoms with Gasteiger partial charge in [0.2, 0.25) is 0 Å². The number of halogens is 1. The number of hydrogen-bond donors (Lipinski definition) is 2. The van der Waals surface area contributed by atoms with Crippen molar-refractivity contribution in [2.24, 2.45) is 0 Å². The normalized spacial score (nSPS) is 10.7. The molecule has 9 heteroatoms. The number of nitrogens with one attached hydrogen (secondary N) is 2. The molecule has 3 aromatic carbocycles. The molecule has 38 heavy (non-hydrogen) atoms. The van der Waals surface area contributed by atoms with Crippen molar-refractivity contribution < 1.29 is 18.3 Å². The monoisotopic (exact) mass is 510 g/mol. The van der Waals surface area contributed by atoms with Crippen molar-refractivity contribution in [2.75, 3.05) is 5.32 Å². The van der Waals surface area contributed by atoms with Crippen LogP contribution in [0.4, 0.5) is 15.8 Å². The third kappa shape index (κ3) is 5.46. The molecule has 0 aliphatic carbocycles. The number of aromatic nitrogens is 2. The SMILES string of the molecule is Cc1ccc(-n2ncc(Oc3ccccc3F)c(Nc3cccc(C(=O)NCc4ccco4)c3)c2=O)cc1. The quantitative estimate of drug-likeness (QED) is 0.276. The Morgan fingerprint density at radius 3 is 2.58 bits per heavy atom. The Bertz CT molecular complexity index is 1630. The van der Waals surface area contributed by atoms with Crippen molar-refractivity contribution in [3.05, 3.63) is 130 Å². The fraction of sp³-hybridized carbons (Fsp3) is 0.0690. The first-order chi connectivity index (χ1) is 18.5. The van der Waals surface area contributed by atoms with Crippen molar-refractivity contribution in [3.8, 4) is 17.2 Å². The summed E-state index contributed by atoms with van der Waals surface area (Å²) in [7, 11) is 0. The minimum absolute atomic E-state index is 0.0242. The van der Waals surface area contributed by atoms with Gasteiger partial charge >= 0.3 is 0 Å². The Morgan fingerprint density at radius 1 is 1.00 bits per heavy atom. The predicted molar refractivity (Wildman–Crippen MR) is 141 cm³/mol. The largest absolute Gasteiger partial charge is 0.467 e. The lowest BCUT2D eigenvalue weighted by atomic mass is 10.2. The van der Waals surface area contributed by atoms with E-state index in [2.05, 4.69) is 15.7 Å². The summed E-state index contributed by atoms with van der Waals surface area (Å²) in [6, 6.07) is 23.3. The van der Waals surface area contributed by atoms with Gasteiger partial charge in [-0.15, -0.1) is 0 Å². The molecule has 8 nitrogen and oxygen atoms in total. The van der Waals surface area contributed by atoms with Crippen molar-refractivity contribution in [1.29, 1.82) is 0 Å². The Hall–Kier alpha value is -5.18. The van der Waals surface area contributed by atoms with E-state index in [1.54, 1.807) is 54.6 Å². The number of rotatable bonds is 8. The number of hydrogen-bond acceptors (Lipinski definition) is 6. The molecular formula is C29H23FN4O4. The van der Waals surface area contributed by atoms with Gasteiger partial charge < -0.3 is 19.8 Å². The lowest BCUT2D eigenvalue weighted by Crippen LogP contribution is -2.24. The van der Waals surface area contributed by atoms with E-state index in [1.807, 2.05) is 19.1 Å². The molecule has 2 N–H and O–H groups in total. The number of carbonyl (C=O) groups excluding carboxylic acids is 1. The minimum atomic E-state index is -0.587. The summed E-state index contributed by atoms with van der Waals surface area (Å²) in [5.74, 6) is -0.320. The molecule has 0 aliphatic heterocycles. The molecule has 5 rings (SSSR count). The number of aryl methyl sites for hydroxylation is 1. The van der Waals surface area contributed by atoms with Gasteiger partial charge in [-0.2, -0.15) is 9.78 Å². The van der Waals surface area contributed by atoms with E-state index < -0.39 is 11.4 Å². The highest BCUT2D eigenvalue weighted by atomic mass is 19.1. The van der Waals surface area contributed by atoms with E-state index in [4.69, 9.17) is 9.15 Å². The van der Waals surface area contributed by atoms with Gasteiger partial charge in [-0.3, -0.25) is 9.59 Å². The number of ether oxygens (including phenoxy) is 1. The van der Waals surface area contributed by atoms with Crippen LogP contribution < -0.4 is 20.9 Å². The first-order valence-electron chi connectivity index (χ1n) is 11.8. The Balaban J connectivity index is 1.49. The van der Waals surface area contributed by atoms with Gasteiger partial charge in [-0.1, -0.05) is 35.9 Å². The summed E-state index contributed by atoms with van der Waals surface area (Å²) in [4.78, 5) is 26.3. The average molecular weight is 511 g/mol. The molecular weight excluding hydrogens is 487 g/mol. The molecule has 0 spiro atoms. The zero-order chi connectivity index (χ0) is 26.5. The topological polar surface area (TPSA) is 98.4 Å². The number of benzene rings is 3. The van der Waals surface area contributed by atoms with Crippen LogP contribution in [0.3, 0.4) is 0 Å². The van der Waals surface area contributed by atoms with Crippen molar-refractivity contribution in [2.45, 2.75) is 13.5 Å². The van der Waals surface area contributed by atoms with Crippen LogP contribution in [0.1, 0.15) is 21.7 Å². The number of carbonyl (C=O) groups is 1. The molecule has 1 amide bonds. The first kappa shape index (κ1) is 24.5. The van der Waals surface area contributed by atoms with E-state index in [0.29, 0.717) is 22.7 Å². The van der Waals surface area contributed by atoms with Gasteiger partial charge in [0, 0.05) is 11.3 Å². The molecule has 5 aromatic rings. The van der Waals surface area contributed by atoms with Crippen LogP contribution in [0, 0.1) is 12.7 Å².